The molecular weight excluding hydrogens is 386 g/mol. The van der Waals surface area contributed by atoms with Crippen molar-refractivity contribution < 1.29 is 31.4 Å². The molecule has 1 heterocycles. The lowest BCUT2D eigenvalue weighted by atomic mass is 9.53. The highest BCUT2D eigenvalue weighted by Crippen LogP contribution is 2.58. The molecule has 8 nitrogen and oxygen atoms in total. The number of carbonyl (C=O) groups excluding carboxylic acids is 1. The maximum Gasteiger partial charge on any atom is 0.446 e. The molecule has 3 atom stereocenters. The van der Waals surface area contributed by atoms with Gasteiger partial charge in [-0.05, 0) is 44.1 Å². The third kappa shape index (κ3) is 2.80. The van der Waals surface area contributed by atoms with Crippen LogP contribution < -0.4 is 8.92 Å². The van der Waals surface area contributed by atoms with Gasteiger partial charge >= 0.3 is 10.4 Å². The number of Topliss-reactive ketones (excluding diaryl/α,β-unsaturated/α-hetero) is 1. The number of likely N-dealkylation sites (N-methyl/N-ethyl adjacent to an activating group) is 1. The summed E-state index contributed by atoms with van der Waals surface area (Å²) in [6, 6.07) is 3.66. The Morgan fingerprint density at radius 3 is 2.64 bits per heavy atom. The fourth-order valence-electron chi connectivity index (χ4n) is 5.20. The van der Waals surface area contributed by atoms with E-state index in [1.165, 1.54) is 14.2 Å². The van der Waals surface area contributed by atoms with E-state index in [-0.39, 0.29) is 35.7 Å². The van der Waals surface area contributed by atoms with Gasteiger partial charge in [0, 0.05) is 29.4 Å². The highest BCUT2D eigenvalue weighted by atomic mass is 32.3. The summed E-state index contributed by atoms with van der Waals surface area (Å²) in [5.74, 6) is 0.329. The number of piperidine rings is 1. The molecule has 1 saturated heterocycles. The van der Waals surface area contributed by atoms with Gasteiger partial charge in [-0.1, -0.05) is 6.07 Å². The summed E-state index contributed by atoms with van der Waals surface area (Å²) in [4.78, 5) is 15.0. The second kappa shape index (κ2) is 6.47. The summed E-state index contributed by atoms with van der Waals surface area (Å²) in [7, 11) is 0.170. The van der Waals surface area contributed by atoms with Gasteiger partial charge in [0.05, 0.1) is 14.2 Å². The molecule has 9 heteroatoms. The zero-order chi connectivity index (χ0) is 20.3. The molecule has 1 aliphatic heterocycles. The highest BCUT2D eigenvalue weighted by Gasteiger charge is 2.57. The van der Waals surface area contributed by atoms with Crippen molar-refractivity contribution in [3.8, 4) is 11.5 Å². The molecule has 2 aliphatic carbocycles. The van der Waals surface area contributed by atoms with Crippen LogP contribution >= 0.6 is 0 Å². The number of benzene rings is 1. The van der Waals surface area contributed by atoms with E-state index >= 15 is 0 Å². The summed E-state index contributed by atoms with van der Waals surface area (Å²) in [6.45, 7) is 0.757. The molecule has 152 valence electrons. The molecule has 0 radical (unpaired) electrons. The van der Waals surface area contributed by atoms with E-state index < -0.39 is 15.8 Å². The van der Waals surface area contributed by atoms with Gasteiger partial charge in [-0.25, -0.2) is 0 Å². The molecule has 0 spiro atoms. The van der Waals surface area contributed by atoms with E-state index in [4.69, 9.17) is 13.7 Å². The first-order valence-electron chi connectivity index (χ1n) is 9.06. The molecule has 4 rings (SSSR count). The van der Waals surface area contributed by atoms with Crippen molar-refractivity contribution in [1.29, 1.82) is 0 Å². The molecule has 1 fully saturated rings. The Morgan fingerprint density at radius 1 is 1.25 bits per heavy atom. The van der Waals surface area contributed by atoms with Crippen LogP contribution in [0.15, 0.2) is 24.0 Å². The van der Waals surface area contributed by atoms with Crippen LogP contribution in [0.1, 0.15) is 24.0 Å². The lowest BCUT2D eigenvalue weighted by Gasteiger charge is -2.56. The van der Waals surface area contributed by atoms with E-state index in [0.29, 0.717) is 24.2 Å². The van der Waals surface area contributed by atoms with Gasteiger partial charge in [0.2, 0.25) is 0 Å². The van der Waals surface area contributed by atoms with Crippen molar-refractivity contribution in [2.24, 2.45) is 5.92 Å². The first kappa shape index (κ1) is 19.2. The predicted octanol–water partition coefficient (Wildman–Crippen LogP) is 1.49. The molecular formula is C19H23NO7S. The van der Waals surface area contributed by atoms with Crippen LogP contribution in [0.4, 0.5) is 0 Å². The average molecular weight is 409 g/mol. The number of likely N-dealkylation sites (tertiary alicyclic amines) is 1. The van der Waals surface area contributed by atoms with Crippen molar-refractivity contribution in [3.05, 3.63) is 35.1 Å². The van der Waals surface area contributed by atoms with Crippen LogP contribution in [0.5, 0.6) is 11.5 Å². The van der Waals surface area contributed by atoms with E-state index in [1.807, 2.05) is 12.1 Å². The number of nitrogens with zero attached hydrogens (tertiary/aromatic N) is 1. The number of fused-ring (bicyclic) bond motifs is 1. The lowest BCUT2D eigenvalue weighted by Crippen LogP contribution is -2.60. The van der Waals surface area contributed by atoms with Crippen LogP contribution in [0.3, 0.4) is 0 Å². The Morgan fingerprint density at radius 2 is 2.00 bits per heavy atom. The standard InChI is InChI=1S/C19H23NO7S/c1-20-7-6-19-10-14(21)16(26-3)9-12(19)13(20)8-11-4-5-15(25-2)18(17(11)19)27-28(22,23)24/h4-5,9,12-13H,6-8,10H2,1-3H3,(H,22,23,24)/t12-,13+,19+/m1/s1. The van der Waals surface area contributed by atoms with Gasteiger partial charge in [0.1, 0.15) is 0 Å². The Kier molecular flexibility index (Phi) is 4.44. The number of methoxy groups -OCH3 is 2. The molecule has 2 bridgehead atoms. The minimum Gasteiger partial charge on any atom is -0.493 e. The van der Waals surface area contributed by atoms with Crippen LogP contribution in [0.2, 0.25) is 0 Å². The minimum atomic E-state index is -4.77. The fourth-order valence-corrected chi connectivity index (χ4v) is 5.57. The van der Waals surface area contributed by atoms with Gasteiger partial charge in [0.25, 0.3) is 0 Å². The third-order valence-corrected chi connectivity index (χ3v) is 6.75. The summed E-state index contributed by atoms with van der Waals surface area (Å²) in [5.41, 5.74) is 0.895. The Balaban J connectivity index is 2.00. The highest BCUT2D eigenvalue weighted by molar-refractivity contribution is 7.81. The van der Waals surface area contributed by atoms with E-state index in [1.54, 1.807) is 6.07 Å². The summed E-state index contributed by atoms with van der Waals surface area (Å²) >= 11 is 0. The van der Waals surface area contributed by atoms with Crippen molar-refractivity contribution in [2.75, 3.05) is 27.8 Å². The van der Waals surface area contributed by atoms with Crippen molar-refractivity contribution in [1.82, 2.24) is 4.90 Å². The third-order valence-electron chi connectivity index (χ3n) is 6.37. The molecule has 3 aliphatic rings. The molecule has 0 aromatic heterocycles. The van der Waals surface area contributed by atoms with Gasteiger partial charge in [-0.2, -0.15) is 8.42 Å². The van der Waals surface area contributed by atoms with Gasteiger partial charge in [-0.3, -0.25) is 9.35 Å². The normalized spacial score (nSPS) is 29.4. The largest absolute Gasteiger partial charge is 0.493 e. The molecule has 0 saturated carbocycles. The molecule has 28 heavy (non-hydrogen) atoms. The predicted molar refractivity (Wildman–Crippen MR) is 99.8 cm³/mol. The fraction of sp³-hybridized carbons (Fsp3) is 0.526. The van der Waals surface area contributed by atoms with Crippen molar-refractivity contribution in [3.63, 3.8) is 0 Å². The lowest BCUT2D eigenvalue weighted by molar-refractivity contribution is -0.122. The number of carbonyl (C=O) groups is 1. The maximum absolute atomic E-state index is 12.8. The number of ketones is 1. The van der Waals surface area contributed by atoms with Gasteiger partial charge in [-0.15, -0.1) is 0 Å². The van der Waals surface area contributed by atoms with Crippen LogP contribution in [-0.2, 0) is 31.8 Å². The van der Waals surface area contributed by atoms with E-state index in [9.17, 15) is 17.8 Å². The first-order valence-corrected chi connectivity index (χ1v) is 10.4. The van der Waals surface area contributed by atoms with E-state index in [0.717, 1.165) is 12.1 Å². The smallest absolute Gasteiger partial charge is 0.446 e. The number of hydrogen-bond donors (Lipinski definition) is 1. The average Bonchev–Trinajstić information content (AvgIpc) is 2.62. The number of ether oxygens (including phenoxy) is 2. The zero-order valence-electron chi connectivity index (χ0n) is 16.0. The second-order valence-corrected chi connectivity index (χ2v) is 8.68. The van der Waals surface area contributed by atoms with Crippen molar-refractivity contribution >= 4 is 16.2 Å². The molecule has 0 unspecified atom stereocenters. The monoisotopic (exact) mass is 409 g/mol. The second-order valence-electron chi connectivity index (χ2n) is 7.66. The summed E-state index contributed by atoms with van der Waals surface area (Å²) in [5, 5.41) is 0. The van der Waals surface area contributed by atoms with Crippen molar-refractivity contribution in [2.45, 2.75) is 30.7 Å². The van der Waals surface area contributed by atoms with Crippen LogP contribution in [0.25, 0.3) is 0 Å². The van der Waals surface area contributed by atoms with Gasteiger partial charge < -0.3 is 18.6 Å². The summed E-state index contributed by atoms with van der Waals surface area (Å²) < 4.78 is 48.1. The summed E-state index contributed by atoms with van der Waals surface area (Å²) in [6.07, 6.45) is 3.35. The number of allylic oxidation sites excluding steroid dienone is 1. The number of hydrogen-bond acceptors (Lipinski definition) is 7. The molecule has 0 amide bonds. The minimum absolute atomic E-state index is 0.0300. The molecule has 1 N–H and O–H groups in total. The Bertz CT molecular complexity index is 971. The zero-order valence-corrected chi connectivity index (χ0v) is 16.8. The van der Waals surface area contributed by atoms with E-state index in [2.05, 4.69) is 11.9 Å². The van der Waals surface area contributed by atoms with Gasteiger partial charge in [0.15, 0.2) is 23.0 Å². The first-order chi connectivity index (χ1) is 13.2. The molecule has 1 aromatic carbocycles. The maximum atomic E-state index is 12.8. The Hall–Kier alpha value is -2.10. The Labute approximate surface area is 164 Å². The topological polar surface area (TPSA) is 102 Å². The molecule has 1 aromatic rings. The number of rotatable bonds is 4. The SMILES string of the molecule is COC1=C[C@@H]2[C@@H]3Cc4ccc(OC)c(OS(=O)(=O)O)c4[C@@]2(CCN3C)CC1=O. The van der Waals surface area contributed by atoms with Crippen LogP contribution in [0, 0.1) is 5.92 Å². The quantitative estimate of drug-likeness (QED) is 0.747. The van der Waals surface area contributed by atoms with Crippen LogP contribution in [-0.4, -0.2) is 57.5 Å².